The topological polar surface area (TPSA) is 81.2 Å². The van der Waals surface area contributed by atoms with Crippen molar-refractivity contribution >= 4 is 51.0 Å². The molecular formula is C26H25N3O3S2. The minimum absolute atomic E-state index is 0.154. The predicted octanol–water partition coefficient (Wildman–Crippen LogP) is 6.09. The molecule has 0 aliphatic rings. The first-order chi connectivity index (χ1) is 16.4. The van der Waals surface area contributed by atoms with Gasteiger partial charge in [0.1, 0.15) is 11.5 Å². The molecule has 1 amide bonds. The van der Waals surface area contributed by atoms with E-state index in [9.17, 15) is 9.59 Å². The second-order valence-corrected chi connectivity index (χ2v) is 10.0. The highest BCUT2D eigenvalue weighted by molar-refractivity contribution is 7.99. The molecule has 2 heterocycles. The number of nitrogens with zero attached hydrogens (tertiary/aromatic N) is 2. The monoisotopic (exact) mass is 491 g/mol. The lowest BCUT2D eigenvalue weighted by molar-refractivity contribution is -0.115. The van der Waals surface area contributed by atoms with Crippen molar-refractivity contribution in [1.29, 1.82) is 0 Å². The fourth-order valence-electron chi connectivity index (χ4n) is 3.46. The number of anilines is 1. The van der Waals surface area contributed by atoms with Crippen LogP contribution in [0.25, 0.3) is 10.9 Å². The number of amides is 1. The molecule has 0 fully saturated rings. The Morgan fingerprint density at radius 3 is 2.59 bits per heavy atom. The second kappa shape index (κ2) is 10.8. The minimum Gasteiger partial charge on any atom is -0.457 e. The maximum absolute atomic E-state index is 12.4. The van der Waals surface area contributed by atoms with Gasteiger partial charge < -0.3 is 10.1 Å². The molecule has 1 N–H and O–H groups in total. The van der Waals surface area contributed by atoms with Gasteiger partial charge in [-0.25, -0.2) is 14.8 Å². The number of carbonyl (C=O) groups is 2. The number of pyridine rings is 1. The molecule has 4 rings (SSSR count). The zero-order chi connectivity index (χ0) is 24.1. The van der Waals surface area contributed by atoms with Gasteiger partial charge in [0.2, 0.25) is 5.91 Å². The van der Waals surface area contributed by atoms with Crippen LogP contribution in [0.1, 0.15) is 38.5 Å². The van der Waals surface area contributed by atoms with E-state index in [-0.39, 0.29) is 12.5 Å². The standard InChI is InChI=1S/C26H25N3O3S2/c1-16-8-7-11-20-17(2)14-22(29-23(16)20)33-13-12-21(30)28-26-27-18(3)24(34-26)25(31)32-15-19-9-5-4-6-10-19/h4-11,14H,12-13,15H2,1-3H3,(H,27,28,30). The highest BCUT2D eigenvalue weighted by atomic mass is 32.2. The van der Waals surface area contributed by atoms with Crippen molar-refractivity contribution < 1.29 is 14.3 Å². The van der Waals surface area contributed by atoms with Crippen LogP contribution in [-0.2, 0) is 16.1 Å². The zero-order valence-corrected chi connectivity index (χ0v) is 20.9. The fraction of sp³-hybridized carbons (Fsp3) is 0.231. The summed E-state index contributed by atoms with van der Waals surface area (Å²) in [4.78, 5) is 34.3. The number of aryl methyl sites for hydroxylation is 3. The minimum atomic E-state index is -0.442. The summed E-state index contributed by atoms with van der Waals surface area (Å²) < 4.78 is 5.38. The van der Waals surface area contributed by atoms with Crippen molar-refractivity contribution in [3.63, 3.8) is 0 Å². The molecule has 6 nitrogen and oxygen atoms in total. The van der Waals surface area contributed by atoms with E-state index in [2.05, 4.69) is 42.3 Å². The predicted molar refractivity (Wildman–Crippen MR) is 138 cm³/mol. The number of benzene rings is 2. The number of rotatable bonds is 8. The number of aromatic nitrogens is 2. The highest BCUT2D eigenvalue weighted by Gasteiger charge is 2.18. The summed E-state index contributed by atoms with van der Waals surface area (Å²) in [5.41, 5.74) is 4.76. The lowest BCUT2D eigenvalue weighted by Crippen LogP contribution is -2.12. The molecule has 174 valence electrons. The summed E-state index contributed by atoms with van der Waals surface area (Å²) in [5, 5.41) is 5.25. The number of hydrogen-bond donors (Lipinski definition) is 1. The summed E-state index contributed by atoms with van der Waals surface area (Å²) in [6, 6.07) is 17.7. The fourth-order valence-corrected chi connectivity index (χ4v) is 5.25. The SMILES string of the molecule is Cc1nc(NC(=O)CCSc2cc(C)c3cccc(C)c3n2)sc1C(=O)OCc1ccccc1. The average Bonchev–Trinajstić information content (AvgIpc) is 3.18. The Morgan fingerprint density at radius 1 is 1.00 bits per heavy atom. The van der Waals surface area contributed by atoms with E-state index in [0.717, 1.165) is 38.4 Å². The summed E-state index contributed by atoms with van der Waals surface area (Å²) in [7, 11) is 0. The number of para-hydroxylation sites is 1. The van der Waals surface area contributed by atoms with Crippen molar-refractivity contribution in [2.24, 2.45) is 0 Å². The van der Waals surface area contributed by atoms with Crippen LogP contribution in [0.3, 0.4) is 0 Å². The lowest BCUT2D eigenvalue weighted by Gasteiger charge is -2.08. The molecule has 0 aliphatic heterocycles. The van der Waals surface area contributed by atoms with Gasteiger partial charge in [-0.15, -0.1) is 11.8 Å². The van der Waals surface area contributed by atoms with E-state index in [1.54, 1.807) is 18.7 Å². The third kappa shape index (κ3) is 5.81. The summed E-state index contributed by atoms with van der Waals surface area (Å²) in [6.45, 7) is 6.06. The molecule has 4 aromatic rings. The quantitative estimate of drug-likeness (QED) is 0.237. The number of ether oxygens (including phenoxy) is 1. The number of thiazole rings is 1. The van der Waals surface area contributed by atoms with Crippen LogP contribution in [-0.4, -0.2) is 27.6 Å². The van der Waals surface area contributed by atoms with Gasteiger partial charge >= 0.3 is 5.97 Å². The van der Waals surface area contributed by atoms with E-state index in [4.69, 9.17) is 9.72 Å². The van der Waals surface area contributed by atoms with Crippen molar-refractivity contribution in [1.82, 2.24) is 9.97 Å². The molecule has 2 aromatic carbocycles. The first kappa shape index (κ1) is 23.9. The number of thioether (sulfide) groups is 1. The molecule has 0 atom stereocenters. The average molecular weight is 492 g/mol. The van der Waals surface area contributed by atoms with E-state index in [1.807, 2.05) is 36.4 Å². The zero-order valence-electron chi connectivity index (χ0n) is 19.3. The van der Waals surface area contributed by atoms with E-state index in [1.165, 1.54) is 5.56 Å². The van der Waals surface area contributed by atoms with Crippen LogP contribution in [0.2, 0.25) is 0 Å². The van der Waals surface area contributed by atoms with E-state index >= 15 is 0 Å². The van der Waals surface area contributed by atoms with E-state index in [0.29, 0.717) is 27.9 Å². The Bertz CT molecular complexity index is 1340. The van der Waals surface area contributed by atoms with Gasteiger partial charge in [-0.1, -0.05) is 59.9 Å². The van der Waals surface area contributed by atoms with Crippen LogP contribution < -0.4 is 5.32 Å². The van der Waals surface area contributed by atoms with Gasteiger partial charge in [0.25, 0.3) is 0 Å². The molecule has 0 aliphatic carbocycles. The summed E-state index contributed by atoms with van der Waals surface area (Å²) >= 11 is 2.68. The molecule has 8 heteroatoms. The summed E-state index contributed by atoms with van der Waals surface area (Å²) in [5.74, 6) is -0.00600. The van der Waals surface area contributed by atoms with Crippen molar-refractivity contribution in [3.8, 4) is 0 Å². The molecule has 0 radical (unpaired) electrons. The Balaban J connectivity index is 1.30. The van der Waals surface area contributed by atoms with Crippen LogP contribution in [0, 0.1) is 20.8 Å². The largest absolute Gasteiger partial charge is 0.457 e. The highest BCUT2D eigenvalue weighted by Crippen LogP contribution is 2.27. The van der Waals surface area contributed by atoms with Gasteiger partial charge in [-0.05, 0) is 43.5 Å². The molecule has 2 aromatic heterocycles. The van der Waals surface area contributed by atoms with Crippen LogP contribution in [0.4, 0.5) is 5.13 Å². The maximum Gasteiger partial charge on any atom is 0.350 e. The van der Waals surface area contributed by atoms with Gasteiger partial charge in [-0.3, -0.25) is 4.79 Å². The van der Waals surface area contributed by atoms with E-state index < -0.39 is 5.97 Å². The van der Waals surface area contributed by atoms with Crippen LogP contribution >= 0.6 is 23.1 Å². The summed E-state index contributed by atoms with van der Waals surface area (Å²) in [6.07, 6.45) is 0.309. The Morgan fingerprint density at radius 2 is 1.79 bits per heavy atom. The molecular weight excluding hydrogens is 466 g/mol. The molecule has 34 heavy (non-hydrogen) atoms. The number of fused-ring (bicyclic) bond motifs is 1. The van der Waals surface area contributed by atoms with Gasteiger partial charge in [0.05, 0.1) is 16.2 Å². The molecule has 0 saturated heterocycles. The Kier molecular flexibility index (Phi) is 7.59. The van der Waals surface area contributed by atoms with Gasteiger partial charge in [0, 0.05) is 17.6 Å². The first-order valence-corrected chi connectivity index (χ1v) is 12.7. The molecule has 0 unspecified atom stereocenters. The second-order valence-electron chi connectivity index (χ2n) is 7.89. The normalized spacial score (nSPS) is 10.9. The number of hydrogen-bond acceptors (Lipinski definition) is 7. The van der Waals surface area contributed by atoms with Crippen LogP contribution in [0.5, 0.6) is 0 Å². The Hall–Kier alpha value is -3.23. The molecule has 0 bridgehead atoms. The van der Waals surface area contributed by atoms with Crippen molar-refractivity contribution in [3.05, 3.63) is 81.9 Å². The third-order valence-electron chi connectivity index (χ3n) is 5.24. The van der Waals surface area contributed by atoms with Crippen LogP contribution in [0.15, 0.2) is 59.6 Å². The van der Waals surface area contributed by atoms with Gasteiger partial charge in [0.15, 0.2) is 5.13 Å². The molecule has 0 spiro atoms. The van der Waals surface area contributed by atoms with Crippen molar-refractivity contribution in [2.75, 3.05) is 11.1 Å². The molecule has 0 saturated carbocycles. The van der Waals surface area contributed by atoms with Crippen molar-refractivity contribution in [2.45, 2.75) is 38.8 Å². The number of carbonyl (C=O) groups excluding carboxylic acids is 2. The number of esters is 1. The smallest absolute Gasteiger partial charge is 0.350 e. The van der Waals surface area contributed by atoms with Gasteiger partial charge in [-0.2, -0.15) is 0 Å². The first-order valence-electron chi connectivity index (χ1n) is 10.9. The maximum atomic E-state index is 12.4. The number of nitrogens with one attached hydrogen (secondary N) is 1. The Labute approximate surface area is 206 Å². The third-order valence-corrected chi connectivity index (χ3v) is 7.21. The lowest BCUT2D eigenvalue weighted by atomic mass is 10.1.